The van der Waals surface area contributed by atoms with Gasteiger partial charge in [-0.3, -0.25) is 4.79 Å². The molecule has 1 aliphatic heterocycles. The van der Waals surface area contributed by atoms with Crippen LogP contribution in [0.3, 0.4) is 0 Å². The number of nitrogens with two attached hydrogens (primary N) is 1. The zero-order valence-electron chi connectivity index (χ0n) is 19.6. The second-order valence-corrected chi connectivity index (χ2v) is 9.73. The summed E-state index contributed by atoms with van der Waals surface area (Å²) >= 11 is 6.25. The third kappa shape index (κ3) is 4.21. The molecule has 2 N–H and O–H groups in total. The summed E-state index contributed by atoms with van der Waals surface area (Å²) in [5.74, 6) is 0.383. The molecule has 8 nitrogen and oxygen atoms in total. The highest BCUT2D eigenvalue weighted by molar-refractivity contribution is 6.30. The zero-order valence-corrected chi connectivity index (χ0v) is 20.4. The smallest absolute Gasteiger partial charge is 0.337 e. The fourth-order valence-electron chi connectivity index (χ4n) is 5.47. The van der Waals surface area contributed by atoms with E-state index in [-0.39, 0.29) is 17.4 Å². The van der Waals surface area contributed by atoms with Crippen molar-refractivity contribution in [2.24, 2.45) is 5.73 Å². The largest absolute Gasteiger partial charge is 0.465 e. The summed E-state index contributed by atoms with van der Waals surface area (Å²) in [6.07, 6.45) is 3.54. The van der Waals surface area contributed by atoms with E-state index in [4.69, 9.17) is 22.1 Å². The molecule has 0 unspecified atom stereocenters. The number of benzene rings is 2. The molecule has 1 fully saturated rings. The van der Waals surface area contributed by atoms with E-state index in [9.17, 15) is 9.59 Å². The summed E-state index contributed by atoms with van der Waals surface area (Å²) in [5.41, 5.74) is 8.47. The van der Waals surface area contributed by atoms with Gasteiger partial charge in [0.2, 0.25) is 5.82 Å². The summed E-state index contributed by atoms with van der Waals surface area (Å²) in [6, 6.07) is 15.1. The van der Waals surface area contributed by atoms with Crippen LogP contribution in [0.25, 0.3) is 11.4 Å². The minimum atomic E-state index is -0.420. The molecule has 0 saturated heterocycles. The molecule has 0 bridgehead atoms. The Morgan fingerprint density at radius 2 is 1.86 bits per heavy atom. The Labute approximate surface area is 209 Å². The van der Waals surface area contributed by atoms with Gasteiger partial charge in [-0.25, -0.2) is 4.79 Å². The lowest BCUT2D eigenvalue weighted by molar-refractivity contribution is 0.0522. The highest BCUT2D eigenvalue weighted by Crippen LogP contribution is 2.41. The van der Waals surface area contributed by atoms with Crippen LogP contribution >= 0.6 is 11.6 Å². The standard InChI is InChI=1S/C26H28ClN5O3/c1-35-25(34)18-5-2-4-17(14-18)22-29-30-23-24(33)31(12-13-32(22)23)21-8-10-26(16-28,11-9-21)19-6-3-7-20(27)15-19/h2-7,14-15,21H,8-13,16,28H2,1H3/t21-,26+. The predicted molar refractivity (Wildman–Crippen MR) is 132 cm³/mol. The van der Waals surface area contributed by atoms with E-state index in [2.05, 4.69) is 16.3 Å². The topological polar surface area (TPSA) is 103 Å². The molecule has 1 aromatic heterocycles. The van der Waals surface area contributed by atoms with Gasteiger partial charge < -0.3 is 19.9 Å². The number of hydrogen-bond donors (Lipinski definition) is 1. The lowest BCUT2D eigenvalue weighted by Gasteiger charge is -2.44. The summed E-state index contributed by atoms with van der Waals surface area (Å²) in [6.45, 7) is 1.74. The van der Waals surface area contributed by atoms with Gasteiger partial charge in [0, 0.05) is 41.7 Å². The van der Waals surface area contributed by atoms with Crippen LogP contribution < -0.4 is 5.73 Å². The summed E-state index contributed by atoms with van der Waals surface area (Å²) in [4.78, 5) is 27.3. The van der Waals surface area contributed by atoms with Crippen LogP contribution in [0, 0.1) is 0 Å². The van der Waals surface area contributed by atoms with E-state index in [1.165, 1.54) is 12.7 Å². The van der Waals surface area contributed by atoms with E-state index < -0.39 is 5.97 Å². The first-order chi connectivity index (χ1) is 17.0. The molecular formula is C26H28ClN5O3. The molecule has 1 aliphatic carbocycles. The Balaban J connectivity index is 1.33. The van der Waals surface area contributed by atoms with E-state index in [0.717, 1.165) is 36.3 Å². The van der Waals surface area contributed by atoms with Crippen molar-refractivity contribution in [2.75, 3.05) is 20.2 Å². The lowest BCUT2D eigenvalue weighted by atomic mass is 9.68. The van der Waals surface area contributed by atoms with Crippen molar-refractivity contribution in [3.63, 3.8) is 0 Å². The van der Waals surface area contributed by atoms with E-state index in [1.807, 2.05) is 33.7 Å². The molecule has 1 amide bonds. The molecule has 182 valence electrons. The molecule has 0 spiro atoms. The van der Waals surface area contributed by atoms with Gasteiger partial charge in [0.15, 0.2) is 5.82 Å². The van der Waals surface area contributed by atoms with Gasteiger partial charge >= 0.3 is 5.97 Å². The van der Waals surface area contributed by atoms with Crippen LogP contribution in [-0.2, 0) is 16.7 Å². The number of rotatable bonds is 5. The highest BCUT2D eigenvalue weighted by Gasteiger charge is 2.41. The second kappa shape index (κ2) is 9.43. The van der Waals surface area contributed by atoms with E-state index in [1.54, 1.807) is 18.2 Å². The first-order valence-corrected chi connectivity index (χ1v) is 12.2. The number of hydrogen-bond acceptors (Lipinski definition) is 6. The molecule has 2 aliphatic rings. The van der Waals surface area contributed by atoms with Gasteiger partial charge in [0.25, 0.3) is 5.91 Å². The molecule has 2 aromatic carbocycles. The quantitative estimate of drug-likeness (QED) is 0.544. The highest BCUT2D eigenvalue weighted by atomic mass is 35.5. The van der Waals surface area contributed by atoms with Gasteiger partial charge in [-0.2, -0.15) is 0 Å². The minimum absolute atomic E-state index is 0.105. The number of amides is 1. The first kappa shape index (κ1) is 23.5. The van der Waals surface area contributed by atoms with Crippen LogP contribution in [0.1, 0.15) is 52.2 Å². The second-order valence-electron chi connectivity index (χ2n) is 9.30. The van der Waals surface area contributed by atoms with Crippen molar-refractivity contribution in [1.29, 1.82) is 0 Å². The summed E-state index contributed by atoms with van der Waals surface area (Å²) in [7, 11) is 1.35. The predicted octanol–water partition coefficient (Wildman–Crippen LogP) is 3.68. The van der Waals surface area contributed by atoms with Crippen molar-refractivity contribution in [3.05, 3.63) is 70.5 Å². The number of fused-ring (bicyclic) bond motifs is 1. The number of nitrogens with zero attached hydrogens (tertiary/aromatic N) is 4. The summed E-state index contributed by atoms with van der Waals surface area (Å²) in [5, 5.41) is 9.24. The van der Waals surface area contributed by atoms with Crippen LogP contribution in [0.2, 0.25) is 5.02 Å². The Hall–Kier alpha value is -3.23. The fourth-order valence-corrected chi connectivity index (χ4v) is 5.66. The lowest BCUT2D eigenvalue weighted by Crippen LogP contribution is -2.50. The Bertz CT molecular complexity index is 1270. The SMILES string of the molecule is COC(=O)c1cccc(-c2nnc3n2CCN([C@H]2CC[C@@](CN)(c4cccc(Cl)c4)CC2)C3=O)c1. The number of halogens is 1. The number of methoxy groups -OCH3 is 1. The maximum absolute atomic E-state index is 13.4. The van der Waals surface area contributed by atoms with E-state index in [0.29, 0.717) is 36.8 Å². The molecular weight excluding hydrogens is 466 g/mol. The molecule has 3 aromatic rings. The average molecular weight is 494 g/mol. The molecule has 5 rings (SSSR count). The van der Waals surface area contributed by atoms with Crippen molar-refractivity contribution >= 4 is 23.5 Å². The van der Waals surface area contributed by atoms with Gasteiger partial charge in [-0.1, -0.05) is 35.9 Å². The maximum Gasteiger partial charge on any atom is 0.337 e. The van der Waals surface area contributed by atoms with Crippen molar-refractivity contribution in [2.45, 2.75) is 43.7 Å². The Morgan fingerprint density at radius 1 is 1.11 bits per heavy atom. The monoisotopic (exact) mass is 493 g/mol. The van der Waals surface area contributed by atoms with Crippen molar-refractivity contribution < 1.29 is 14.3 Å². The number of aromatic nitrogens is 3. The Kier molecular flexibility index (Phi) is 6.34. The Morgan fingerprint density at radius 3 is 2.57 bits per heavy atom. The van der Waals surface area contributed by atoms with Gasteiger partial charge in [0.1, 0.15) is 0 Å². The molecule has 2 heterocycles. The van der Waals surface area contributed by atoms with E-state index >= 15 is 0 Å². The van der Waals surface area contributed by atoms with Crippen LogP contribution in [-0.4, -0.2) is 57.8 Å². The molecule has 9 heteroatoms. The first-order valence-electron chi connectivity index (χ1n) is 11.8. The third-order valence-corrected chi connectivity index (χ3v) is 7.73. The number of carbonyl (C=O) groups excluding carboxylic acids is 2. The fraction of sp³-hybridized carbons (Fsp3) is 0.385. The minimum Gasteiger partial charge on any atom is -0.465 e. The number of ether oxygens (including phenoxy) is 1. The molecule has 35 heavy (non-hydrogen) atoms. The molecule has 0 atom stereocenters. The molecule has 0 radical (unpaired) electrons. The number of esters is 1. The van der Waals surface area contributed by atoms with Crippen LogP contribution in [0.4, 0.5) is 0 Å². The summed E-state index contributed by atoms with van der Waals surface area (Å²) < 4.78 is 6.66. The third-order valence-electron chi connectivity index (χ3n) is 7.49. The normalized spacial score (nSPS) is 22.1. The van der Waals surface area contributed by atoms with Crippen molar-refractivity contribution in [3.8, 4) is 11.4 Å². The van der Waals surface area contributed by atoms with Crippen molar-refractivity contribution in [1.82, 2.24) is 19.7 Å². The van der Waals surface area contributed by atoms with Gasteiger partial charge in [-0.15, -0.1) is 10.2 Å². The number of carbonyl (C=O) groups is 2. The molecule has 1 saturated carbocycles. The van der Waals surface area contributed by atoms with Gasteiger partial charge in [0.05, 0.1) is 12.7 Å². The van der Waals surface area contributed by atoms with Crippen LogP contribution in [0.15, 0.2) is 48.5 Å². The average Bonchev–Trinajstić information content (AvgIpc) is 3.34. The van der Waals surface area contributed by atoms with Gasteiger partial charge in [-0.05, 0) is 55.5 Å². The maximum atomic E-state index is 13.4. The van der Waals surface area contributed by atoms with Crippen LogP contribution in [0.5, 0.6) is 0 Å². The zero-order chi connectivity index (χ0) is 24.6.